The summed E-state index contributed by atoms with van der Waals surface area (Å²) in [6.07, 6.45) is -4.42. The van der Waals surface area contributed by atoms with Crippen molar-refractivity contribution in [3.63, 3.8) is 0 Å². The number of aliphatic hydroxyl groups is 1. The number of aliphatic hydroxyl groups excluding tert-OH is 1. The number of hydrogen-bond acceptors (Lipinski definition) is 7. The molecule has 4 N–H and O–H groups in total. The molecule has 0 aromatic carbocycles. The van der Waals surface area contributed by atoms with Crippen LogP contribution in [0.2, 0.25) is 0 Å². The molecule has 0 saturated carbocycles. The Kier molecular flexibility index (Phi) is 6.59. The van der Waals surface area contributed by atoms with Crippen molar-refractivity contribution in [3.8, 4) is 0 Å². The first kappa shape index (κ1) is 17.4. The van der Waals surface area contributed by atoms with Gasteiger partial charge in [-0.05, 0) is 6.92 Å². The van der Waals surface area contributed by atoms with E-state index < -0.39 is 19.3 Å². The molecular weight excluding hydrogens is 291 g/mol. The predicted octanol–water partition coefficient (Wildman–Crippen LogP) is 0.660. The highest BCUT2D eigenvalue weighted by atomic mass is 19.4. The van der Waals surface area contributed by atoms with Gasteiger partial charge in [-0.2, -0.15) is 13.2 Å². The topological polar surface area (TPSA) is 96.5 Å². The van der Waals surface area contributed by atoms with Crippen molar-refractivity contribution in [3.05, 3.63) is 11.9 Å². The first-order valence-corrected chi connectivity index (χ1v) is 6.24. The molecular formula is C11H18F3N5O2. The van der Waals surface area contributed by atoms with Gasteiger partial charge in [-0.3, -0.25) is 0 Å². The molecule has 1 rings (SSSR count). The number of rotatable bonds is 8. The van der Waals surface area contributed by atoms with Crippen LogP contribution in [-0.2, 0) is 11.3 Å². The van der Waals surface area contributed by atoms with E-state index in [1.165, 1.54) is 6.07 Å². The Morgan fingerprint density at radius 2 is 2.14 bits per heavy atom. The minimum Gasteiger partial charge on any atom is -0.395 e. The second kappa shape index (κ2) is 7.96. The molecule has 0 aliphatic carbocycles. The highest BCUT2D eigenvalue weighted by molar-refractivity contribution is 5.49. The standard InChI is InChI=1S/C11H18F3N5O2/c1-2-21-6-9-16-8(18-15)5-10(17-9)19(3-4-20)7-11(12,13)14/h5,20H,2-4,6-7,15H2,1H3,(H,16,17,18). The van der Waals surface area contributed by atoms with Gasteiger partial charge in [0.05, 0.1) is 6.61 Å². The molecule has 120 valence electrons. The van der Waals surface area contributed by atoms with Crippen LogP contribution < -0.4 is 16.2 Å². The van der Waals surface area contributed by atoms with E-state index in [2.05, 4.69) is 15.4 Å². The third-order valence-electron chi connectivity index (χ3n) is 2.41. The summed E-state index contributed by atoms with van der Waals surface area (Å²) < 4.78 is 42.8. The highest BCUT2D eigenvalue weighted by Crippen LogP contribution is 2.22. The number of nitrogens with zero attached hydrogens (tertiary/aromatic N) is 3. The smallest absolute Gasteiger partial charge is 0.395 e. The number of alkyl halides is 3. The number of hydrogen-bond donors (Lipinski definition) is 3. The quantitative estimate of drug-likeness (QED) is 0.479. The molecule has 1 aromatic rings. The fourth-order valence-corrected chi connectivity index (χ4v) is 1.59. The number of nitrogens with one attached hydrogen (secondary N) is 1. The number of aromatic nitrogens is 2. The predicted molar refractivity (Wildman–Crippen MR) is 70.5 cm³/mol. The lowest BCUT2D eigenvalue weighted by Crippen LogP contribution is -2.37. The van der Waals surface area contributed by atoms with Gasteiger partial charge in [0, 0.05) is 19.2 Å². The summed E-state index contributed by atoms with van der Waals surface area (Å²) in [6, 6.07) is 1.27. The Morgan fingerprint density at radius 1 is 1.43 bits per heavy atom. The second-order valence-corrected chi connectivity index (χ2v) is 4.07. The van der Waals surface area contributed by atoms with E-state index in [4.69, 9.17) is 15.7 Å². The summed E-state index contributed by atoms with van der Waals surface area (Å²) in [5, 5.41) is 8.91. The zero-order chi connectivity index (χ0) is 15.9. The van der Waals surface area contributed by atoms with E-state index in [0.29, 0.717) is 6.61 Å². The first-order valence-electron chi connectivity index (χ1n) is 6.24. The van der Waals surface area contributed by atoms with E-state index in [1.807, 2.05) is 0 Å². The van der Waals surface area contributed by atoms with Gasteiger partial charge in [0.15, 0.2) is 5.82 Å². The fourth-order valence-electron chi connectivity index (χ4n) is 1.59. The van der Waals surface area contributed by atoms with Crippen molar-refractivity contribution in [2.45, 2.75) is 19.7 Å². The number of nitrogens with two attached hydrogens (primary N) is 1. The maximum Gasteiger partial charge on any atom is 0.405 e. The van der Waals surface area contributed by atoms with Crippen LogP contribution in [0.25, 0.3) is 0 Å². The van der Waals surface area contributed by atoms with Gasteiger partial charge in [0.1, 0.15) is 24.8 Å². The zero-order valence-corrected chi connectivity index (χ0v) is 11.5. The summed E-state index contributed by atoms with van der Waals surface area (Å²) in [5.41, 5.74) is 2.27. The Labute approximate surface area is 119 Å². The van der Waals surface area contributed by atoms with Crippen LogP contribution >= 0.6 is 0 Å². The van der Waals surface area contributed by atoms with Crippen molar-refractivity contribution < 1.29 is 23.0 Å². The summed E-state index contributed by atoms with van der Waals surface area (Å²) >= 11 is 0. The van der Waals surface area contributed by atoms with Crippen LogP contribution in [0.4, 0.5) is 24.8 Å². The Hall–Kier alpha value is -1.65. The average Bonchev–Trinajstić information content (AvgIpc) is 2.43. The molecule has 0 radical (unpaired) electrons. The molecule has 0 saturated heterocycles. The van der Waals surface area contributed by atoms with Crippen LogP contribution in [0.1, 0.15) is 12.7 Å². The molecule has 10 heteroatoms. The molecule has 0 aliphatic heterocycles. The largest absolute Gasteiger partial charge is 0.405 e. The molecule has 0 amide bonds. The first-order chi connectivity index (χ1) is 9.89. The summed E-state index contributed by atoms with van der Waals surface area (Å²) in [7, 11) is 0. The van der Waals surface area contributed by atoms with Gasteiger partial charge in [0.25, 0.3) is 0 Å². The molecule has 0 aliphatic rings. The molecule has 1 heterocycles. The van der Waals surface area contributed by atoms with Crippen molar-refractivity contribution in [2.24, 2.45) is 5.84 Å². The third-order valence-corrected chi connectivity index (χ3v) is 2.41. The summed E-state index contributed by atoms with van der Waals surface area (Å²) in [6.45, 7) is 0.358. The number of nitrogen functional groups attached to an aromatic ring is 1. The minimum atomic E-state index is -4.42. The van der Waals surface area contributed by atoms with Crippen LogP contribution in [0.3, 0.4) is 0 Å². The molecule has 0 bridgehead atoms. The van der Waals surface area contributed by atoms with Gasteiger partial charge >= 0.3 is 6.18 Å². The lowest BCUT2D eigenvalue weighted by Gasteiger charge is -2.24. The van der Waals surface area contributed by atoms with E-state index in [9.17, 15) is 13.2 Å². The highest BCUT2D eigenvalue weighted by Gasteiger charge is 2.31. The second-order valence-electron chi connectivity index (χ2n) is 4.07. The van der Waals surface area contributed by atoms with Crippen LogP contribution in [0, 0.1) is 0 Å². The van der Waals surface area contributed by atoms with Gasteiger partial charge in [-0.15, -0.1) is 0 Å². The molecule has 0 unspecified atom stereocenters. The van der Waals surface area contributed by atoms with Crippen molar-refractivity contribution >= 4 is 11.6 Å². The fraction of sp³-hybridized carbons (Fsp3) is 0.636. The van der Waals surface area contributed by atoms with E-state index in [-0.39, 0.29) is 30.6 Å². The van der Waals surface area contributed by atoms with Gasteiger partial charge < -0.3 is 20.2 Å². The third kappa shape index (κ3) is 6.10. The molecule has 0 spiro atoms. The maximum absolute atomic E-state index is 12.6. The van der Waals surface area contributed by atoms with E-state index >= 15 is 0 Å². The summed E-state index contributed by atoms with van der Waals surface area (Å²) in [5.74, 6) is 5.63. The van der Waals surface area contributed by atoms with Crippen LogP contribution in [0.5, 0.6) is 0 Å². The van der Waals surface area contributed by atoms with Gasteiger partial charge in [-0.25, -0.2) is 15.8 Å². The Morgan fingerprint density at radius 3 is 2.67 bits per heavy atom. The van der Waals surface area contributed by atoms with Crippen molar-refractivity contribution in [2.75, 3.05) is 36.6 Å². The number of anilines is 2. The maximum atomic E-state index is 12.6. The zero-order valence-electron chi connectivity index (χ0n) is 11.5. The average molecular weight is 309 g/mol. The monoisotopic (exact) mass is 309 g/mol. The lowest BCUT2D eigenvalue weighted by molar-refractivity contribution is -0.120. The molecule has 7 nitrogen and oxygen atoms in total. The van der Waals surface area contributed by atoms with Gasteiger partial charge in [0.2, 0.25) is 0 Å². The van der Waals surface area contributed by atoms with Crippen molar-refractivity contribution in [1.29, 1.82) is 0 Å². The SMILES string of the molecule is CCOCc1nc(NN)cc(N(CCO)CC(F)(F)F)n1. The number of halogens is 3. The lowest BCUT2D eigenvalue weighted by atomic mass is 10.4. The summed E-state index contributed by atoms with van der Waals surface area (Å²) in [4.78, 5) is 8.89. The Balaban J connectivity index is 3.04. The normalized spacial score (nSPS) is 11.5. The van der Waals surface area contributed by atoms with Crippen molar-refractivity contribution in [1.82, 2.24) is 9.97 Å². The molecule has 1 aromatic heterocycles. The molecule has 21 heavy (non-hydrogen) atoms. The van der Waals surface area contributed by atoms with Crippen LogP contribution in [-0.4, -0.2) is 47.6 Å². The van der Waals surface area contributed by atoms with Gasteiger partial charge in [-0.1, -0.05) is 0 Å². The number of hydrazine groups is 1. The van der Waals surface area contributed by atoms with Crippen LogP contribution in [0.15, 0.2) is 6.07 Å². The minimum absolute atomic E-state index is 0.0130. The Bertz CT molecular complexity index is 444. The van der Waals surface area contributed by atoms with E-state index in [1.54, 1.807) is 6.92 Å². The molecule has 0 fully saturated rings. The van der Waals surface area contributed by atoms with E-state index in [0.717, 1.165) is 4.90 Å². The molecule has 0 atom stereocenters. The number of ether oxygens (including phenoxy) is 1.